The van der Waals surface area contributed by atoms with Crippen molar-refractivity contribution in [3.63, 3.8) is 0 Å². The summed E-state index contributed by atoms with van der Waals surface area (Å²) in [6, 6.07) is 3.29. The molecular formula is C12H17N3O3. The van der Waals surface area contributed by atoms with Crippen molar-refractivity contribution >= 4 is 11.8 Å². The Bertz CT molecular complexity index is 406. The van der Waals surface area contributed by atoms with Gasteiger partial charge in [-0.05, 0) is 19.1 Å². The van der Waals surface area contributed by atoms with Crippen LogP contribution in [0.4, 0.5) is 0 Å². The molecule has 2 amide bonds. The van der Waals surface area contributed by atoms with Gasteiger partial charge in [0.1, 0.15) is 11.8 Å². The Balaban J connectivity index is 1.95. The Labute approximate surface area is 105 Å². The van der Waals surface area contributed by atoms with Crippen LogP contribution in [0.5, 0.6) is 0 Å². The minimum atomic E-state index is -0.349. The van der Waals surface area contributed by atoms with E-state index in [1.165, 1.54) is 0 Å². The highest BCUT2D eigenvalue weighted by atomic mass is 16.3. The zero-order chi connectivity index (χ0) is 13.0. The molecule has 0 aromatic carbocycles. The number of amides is 2. The van der Waals surface area contributed by atoms with Crippen molar-refractivity contribution in [1.82, 2.24) is 15.5 Å². The summed E-state index contributed by atoms with van der Waals surface area (Å²) in [4.78, 5) is 24.9. The van der Waals surface area contributed by atoms with E-state index in [2.05, 4.69) is 10.6 Å². The van der Waals surface area contributed by atoms with Crippen LogP contribution in [0.25, 0.3) is 0 Å². The van der Waals surface area contributed by atoms with E-state index in [-0.39, 0.29) is 24.4 Å². The van der Waals surface area contributed by atoms with Gasteiger partial charge in [-0.2, -0.15) is 0 Å². The number of piperazine rings is 1. The second-order valence-electron chi connectivity index (χ2n) is 4.17. The molecule has 6 nitrogen and oxygen atoms in total. The maximum Gasteiger partial charge on any atom is 0.241 e. The van der Waals surface area contributed by atoms with Crippen LogP contribution in [0.3, 0.4) is 0 Å². The van der Waals surface area contributed by atoms with Gasteiger partial charge in [-0.1, -0.05) is 0 Å². The lowest BCUT2D eigenvalue weighted by Gasteiger charge is -2.28. The standard InChI is InChI=1S/C12H17N3O3/c1-2-15(8-9-4-3-5-18-9)12(17)10-6-14-11(16)7-13-10/h3-5,10,13H,2,6-8H2,1H3,(H,14,16). The molecule has 0 bridgehead atoms. The first kappa shape index (κ1) is 12.6. The minimum Gasteiger partial charge on any atom is -0.467 e. The van der Waals surface area contributed by atoms with Gasteiger partial charge in [-0.25, -0.2) is 0 Å². The van der Waals surface area contributed by atoms with Gasteiger partial charge < -0.3 is 14.6 Å². The van der Waals surface area contributed by atoms with Crippen LogP contribution in [0, 0.1) is 0 Å². The first-order chi connectivity index (χ1) is 8.70. The highest BCUT2D eigenvalue weighted by Crippen LogP contribution is 2.07. The van der Waals surface area contributed by atoms with Gasteiger partial charge in [0, 0.05) is 13.1 Å². The first-order valence-corrected chi connectivity index (χ1v) is 6.02. The van der Waals surface area contributed by atoms with E-state index in [1.54, 1.807) is 17.2 Å². The number of hydrogen-bond acceptors (Lipinski definition) is 4. The molecular weight excluding hydrogens is 234 g/mol. The molecule has 6 heteroatoms. The Kier molecular flexibility index (Phi) is 3.99. The third-order valence-corrected chi connectivity index (χ3v) is 2.93. The highest BCUT2D eigenvalue weighted by Gasteiger charge is 2.27. The number of carbonyl (C=O) groups is 2. The van der Waals surface area contributed by atoms with Crippen LogP contribution >= 0.6 is 0 Å². The SMILES string of the molecule is CCN(Cc1ccco1)C(=O)C1CNC(=O)CN1. The molecule has 2 N–H and O–H groups in total. The van der Waals surface area contributed by atoms with Gasteiger partial charge >= 0.3 is 0 Å². The van der Waals surface area contributed by atoms with E-state index < -0.39 is 0 Å². The average Bonchev–Trinajstić information content (AvgIpc) is 2.89. The Morgan fingerprint density at radius 2 is 2.44 bits per heavy atom. The third-order valence-electron chi connectivity index (χ3n) is 2.93. The number of furan rings is 1. The normalized spacial score (nSPS) is 19.4. The fraction of sp³-hybridized carbons (Fsp3) is 0.500. The topological polar surface area (TPSA) is 74.6 Å². The molecule has 18 heavy (non-hydrogen) atoms. The Morgan fingerprint density at radius 1 is 1.61 bits per heavy atom. The van der Waals surface area contributed by atoms with Gasteiger partial charge in [0.15, 0.2) is 0 Å². The summed E-state index contributed by atoms with van der Waals surface area (Å²) in [7, 11) is 0. The van der Waals surface area contributed by atoms with E-state index in [1.807, 2.05) is 13.0 Å². The minimum absolute atomic E-state index is 0.0195. The van der Waals surface area contributed by atoms with Crippen LogP contribution < -0.4 is 10.6 Å². The molecule has 0 aliphatic carbocycles. The summed E-state index contributed by atoms with van der Waals surface area (Å²) in [6.07, 6.45) is 1.59. The summed E-state index contributed by atoms with van der Waals surface area (Å²) in [5.41, 5.74) is 0. The molecule has 1 aliphatic rings. The van der Waals surface area contributed by atoms with E-state index >= 15 is 0 Å². The van der Waals surface area contributed by atoms with Crippen LogP contribution in [0.2, 0.25) is 0 Å². The number of hydrogen-bond donors (Lipinski definition) is 2. The molecule has 1 saturated heterocycles. The van der Waals surface area contributed by atoms with E-state index in [4.69, 9.17) is 4.42 Å². The average molecular weight is 251 g/mol. The second kappa shape index (κ2) is 5.68. The maximum atomic E-state index is 12.2. The molecule has 0 spiro atoms. The van der Waals surface area contributed by atoms with Crippen LogP contribution in [0.1, 0.15) is 12.7 Å². The monoisotopic (exact) mass is 251 g/mol. The lowest BCUT2D eigenvalue weighted by molar-refractivity contribution is -0.135. The number of likely N-dealkylation sites (N-methyl/N-ethyl adjacent to an activating group) is 1. The van der Waals surface area contributed by atoms with Crippen LogP contribution in [-0.2, 0) is 16.1 Å². The quantitative estimate of drug-likeness (QED) is 0.771. The fourth-order valence-corrected chi connectivity index (χ4v) is 1.90. The van der Waals surface area contributed by atoms with Crippen LogP contribution in [-0.4, -0.2) is 42.4 Å². The molecule has 2 heterocycles. The zero-order valence-electron chi connectivity index (χ0n) is 10.3. The predicted octanol–water partition coefficient (Wildman–Crippen LogP) is -0.284. The third kappa shape index (κ3) is 2.89. The molecule has 1 aliphatic heterocycles. The molecule has 1 atom stereocenters. The molecule has 0 radical (unpaired) electrons. The smallest absolute Gasteiger partial charge is 0.241 e. The van der Waals surface area contributed by atoms with Crippen molar-refractivity contribution in [2.45, 2.75) is 19.5 Å². The molecule has 1 aromatic rings. The molecule has 1 aromatic heterocycles. The number of nitrogens with one attached hydrogen (secondary N) is 2. The van der Waals surface area contributed by atoms with Gasteiger partial charge in [-0.3, -0.25) is 14.9 Å². The van der Waals surface area contributed by atoms with Crippen LogP contribution in [0.15, 0.2) is 22.8 Å². The summed E-state index contributed by atoms with van der Waals surface area (Å²) < 4.78 is 5.24. The Hall–Kier alpha value is -1.82. The zero-order valence-corrected chi connectivity index (χ0v) is 10.3. The molecule has 1 unspecified atom stereocenters. The second-order valence-corrected chi connectivity index (χ2v) is 4.17. The van der Waals surface area contributed by atoms with E-state index in [0.29, 0.717) is 19.6 Å². The summed E-state index contributed by atoms with van der Waals surface area (Å²) in [6.45, 7) is 3.50. The van der Waals surface area contributed by atoms with E-state index in [9.17, 15) is 9.59 Å². The molecule has 0 saturated carbocycles. The fourth-order valence-electron chi connectivity index (χ4n) is 1.90. The van der Waals surface area contributed by atoms with Gasteiger partial charge in [0.05, 0.1) is 19.4 Å². The molecule has 1 fully saturated rings. The largest absolute Gasteiger partial charge is 0.467 e. The van der Waals surface area contributed by atoms with Crippen molar-refractivity contribution < 1.29 is 14.0 Å². The van der Waals surface area contributed by atoms with E-state index in [0.717, 1.165) is 5.76 Å². The van der Waals surface area contributed by atoms with Crippen molar-refractivity contribution in [1.29, 1.82) is 0 Å². The van der Waals surface area contributed by atoms with Crippen molar-refractivity contribution in [3.05, 3.63) is 24.2 Å². The Morgan fingerprint density at radius 3 is 3.00 bits per heavy atom. The van der Waals surface area contributed by atoms with Gasteiger partial charge in [-0.15, -0.1) is 0 Å². The number of rotatable bonds is 4. The van der Waals surface area contributed by atoms with Crippen molar-refractivity contribution in [2.24, 2.45) is 0 Å². The lowest BCUT2D eigenvalue weighted by atomic mass is 10.2. The highest BCUT2D eigenvalue weighted by molar-refractivity contribution is 5.86. The molecule has 2 rings (SSSR count). The lowest BCUT2D eigenvalue weighted by Crippen LogP contribution is -2.58. The first-order valence-electron chi connectivity index (χ1n) is 6.02. The number of carbonyl (C=O) groups excluding carboxylic acids is 2. The van der Waals surface area contributed by atoms with Gasteiger partial charge in [0.25, 0.3) is 0 Å². The summed E-state index contributed by atoms with van der Waals surface area (Å²) >= 11 is 0. The van der Waals surface area contributed by atoms with Crippen molar-refractivity contribution in [2.75, 3.05) is 19.6 Å². The summed E-state index contributed by atoms with van der Waals surface area (Å²) in [5, 5.41) is 5.61. The number of nitrogens with zero attached hydrogens (tertiary/aromatic N) is 1. The molecule has 98 valence electrons. The van der Waals surface area contributed by atoms with Crippen molar-refractivity contribution in [3.8, 4) is 0 Å². The maximum absolute atomic E-state index is 12.2. The van der Waals surface area contributed by atoms with Gasteiger partial charge in [0.2, 0.25) is 11.8 Å². The summed E-state index contributed by atoms with van der Waals surface area (Å²) in [5.74, 6) is 0.659. The predicted molar refractivity (Wildman–Crippen MR) is 64.6 cm³/mol.